The summed E-state index contributed by atoms with van der Waals surface area (Å²) in [4.78, 5) is 16.1. The highest BCUT2D eigenvalue weighted by Gasteiger charge is 2.27. The average Bonchev–Trinajstić information content (AvgIpc) is 2.26. The van der Waals surface area contributed by atoms with Gasteiger partial charge in [-0.3, -0.25) is 10.1 Å². The highest BCUT2D eigenvalue weighted by Crippen LogP contribution is 2.33. The molecule has 0 radical (unpaired) electrons. The summed E-state index contributed by atoms with van der Waals surface area (Å²) in [5, 5.41) is 19.9. The lowest BCUT2D eigenvalue weighted by molar-refractivity contribution is -0.385. The molecule has 1 N–H and O–H groups in total. The van der Waals surface area contributed by atoms with Gasteiger partial charge in [-0.2, -0.15) is 0 Å². The molecule has 0 atom stereocenters. The molecule has 2 rings (SSSR count). The third-order valence-corrected chi connectivity index (χ3v) is 3.42. The van der Waals surface area contributed by atoms with Crippen molar-refractivity contribution in [3.05, 3.63) is 27.4 Å². The fraction of sp³-hybridized carbons (Fsp3) is 0.545. The standard InChI is InChI=1S/C11H14ClN3O3/c12-10-6-9(15(17)18)7-13-11(10)14(4-5-16)8-2-1-3-8/h6-8,16H,1-5H2. The smallest absolute Gasteiger partial charge is 0.289 e. The van der Waals surface area contributed by atoms with E-state index >= 15 is 0 Å². The first-order valence-corrected chi connectivity index (χ1v) is 6.18. The Hall–Kier alpha value is -1.40. The maximum absolute atomic E-state index is 10.6. The van der Waals surface area contributed by atoms with E-state index < -0.39 is 4.92 Å². The lowest BCUT2D eigenvalue weighted by Crippen LogP contribution is -2.42. The molecule has 0 amide bonds. The van der Waals surface area contributed by atoms with Crippen LogP contribution in [0.2, 0.25) is 5.02 Å². The summed E-state index contributed by atoms with van der Waals surface area (Å²) in [5.74, 6) is 0.515. The lowest BCUT2D eigenvalue weighted by atomic mass is 9.91. The van der Waals surface area contributed by atoms with Gasteiger partial charge in [0.1, 0.15) is 12.0 Å². The van der Waals surface area contributed by atoms with Crippen LogP contribution in [-0.4, -0.2) is 34.2 Å². The largest absolute Gasteiger partial charge is 0.395 e. The predicted octanol–water partition coefficient (Wildman–Crippen LogP) is 1.99. The van der Waals surface area contributed by atoms with Gasteiger partial charge in [-0.1, -0.05) is 11.6 Å². The molecule has 1 fully saturated rings. The van der Waals surface area contributed by atoms with Crippen molar-refractivity contribution < 1.29 is 10.0 Å². The molecule has 0 unspecified atom stereocenters. The Morgan fingerprint density at radius 3 is 2.78 bits per heavy atom. The third kappa shape index (κ3) is 2.54. The molecule has 0 bridgehead atoms. The van der Waals surface area contributed by atoms with E-state index in [1.165, 1.54) is 12.3 Å². The number of nitrogens with zero attached hydrogens (tertiary/aromatic N) is 3. The van der Waals surface area contributed by atoms with Crippen molar-refractivity contribution in [2.24, 2.45) is 0 Å². The Balaban J connectivity index is 2.26. The first-order valence-electron chi connectivity index (χ1n) is 5.81. The van der Waals surface area contributed by atoms with Crippen LogP contribution in [0.4, 0.5) is 11.5 Å². The zero-order chi connectivity index (χ0) is 13.1. The van der Waals surface area contributed by atoms with Gasteiger partial charge in [0, 0.05) is 18.7 Å². The summed E-state index contributed by atoms with van der Waals surface area (Å²) in [6.07, 6.45) is 4.42. The van der Waals surface area contributed by atoms with E-state index in [-0.39, 0.29) is 17.3 Å². The molecular formula is C11H14ClN3O3. The lowest BCUT2D eigenvalue weighted by Gasteiger charge is -2.38. The van der Waals surface area contributed by atoms with Crippen molar-refractivity contribution in [2.75, 3.05) is 18.1 Å². The topological polar surface area (TPSA) is 79.5 Å². The molecule has 0 aromatic carbocycles. The van der Waals surface area contributed by atoms with Crippen molar-refractivity contribution >= 4 is 23.1 Å². The maximum Gasteiger partial charge on any atom is 0.289 e. The Morgan fingerprint density at radius 1 is 1.61 bits per heavy atom. The number of aromatic nitrogens is 1. The third-order valence-electron chi connectivity index (χ3n) is 3.15. The van der Waals surface area contributed by atoms with Gasteiger partial charge >= 0.3 is 0 Å². The van der Waals surface area contributed by atoms with Crippen LogP contribution in [0.25, 0.3) is 0 Å². The second-order valence-electron chi connectivity index (χ2n) is 4.26. The van der Waals surface area contributed by atoms with E-state index in [1.54, 1.807) is 0 Å². The fourth-order valence-corrected chi connectivity index (χ4v) is 2.27. The molecule has 1 aliphatic rings. The second-order valence-corrected chi connectivity index (χ2v) is 4.66. The van der Waals surface area contributed by atoms with E-state index in [1.807, 2.05) is 4.90 Å². The van der Waals surface area contributed by atoms with E-state index in [0.29, 0.717) is 18.4 Å². The number of anilines is 1. The van der Waals surface area contributed by atoms with Crippen LogP contribution >= 0.6 is 11.6 Å². The molecule has 1 aromatic rings. The van der Waals surface area contributed by atoms with Crippen molar-refractivity contribution in [1.29, 1.82) is 0 Å². The van der Waals surface area contributed by atoms with Crippen LogP contribution in [0.1, 0.15) is 19.3 Å². The molecule has 0 saturated heterocycles. The number of aliphatic hydroxyl groups is 1. The highest BCUT2D eigenvalue weighted by atomic mass is 35.5. The van der Waals surface area contributed by atoms with Crippen molar-refractivity contribution in [1.82, 2.24) is 4.98 Å². The molecule has 0 spiro atoms. The van der Waals surface area contributed by atoms with Gasteiger partial charge < -0.3 is 10.0 Å². The zero-order valence-corrected chi connectivity index (χ0v) is 10.5. The van der Waals surface area contributed by atoms with Gasteiger partial charge in [0.05, 0.1) is 16.6 Å². The van der Waals surface area contributed by atoms with Crippen molar-refractivity contribution in [2.45, 2.75) is 25.3 Å². The molecule has 7 heteroatoms. The molecule has 98 valence electrons. The highest BCUT2D eigenvalue weighted by molar-refractivity contribution is 6.33. The molecule has 1 aliphatic carbocycles. The van der Waals surface area contributed by atoms with Gasteiger partial charge in [0.25, 0.3) is 5.69 Å². The quantitative estimate of drug-likeness (QED) is 0.654. The monoisotopic (exact) mass is 271 g/mol. The summed E-state index contributed by atoms with van der Waals surface area (Å²) < 4.78 is 0. The van der Waals surface area contributed by atoms with Crippen LogP contribution in [0.3, 0.4) is 0 Å². The minimum Gasteiger partial charge on any atom is -0.395 e. The Bertz CT molecular complexity index is 451. The maximum atomic E-state index is 10.6. The van der Waals surface area contributed by atoms with Gasteiger partial charge in [0.2, 0.25) is 0 Å². The molecule has 6 nitrogen and oxygen atoms in total. The molecule has 1 aromatic heterocycles. The summed E-state index contributed by atoms with van der Waals surface area (Å²) in [6, 6.07) is 1.62. The predicted molar refractivity (Wildman–Crippen MR) is 68.0 cm³/mol. The van der Waals surface area contributed by atoms with Crippen LogP contribution in [0.15, 0.2) is 12.3 Å². The number of rotatable bonds is 5. The van der Waals surface area contributed by atoms with Crippen LogP contribution in [0.5, 0.6) is 0 Å². The zero-order valence-electron chi connectivity index (χ0n) is 9.75. The first-order chi connectivity index (χ1) is 8.63. The molecule has 1 saturated carbocycles. The van der Waals surface area contributed by atoms with E-state index in [4.69, 9.17) is 16.7 Å². The number of halogens is 1. The van der Waals surface area contributed by atoms with E-state index in [9.17, 15) is 10.1 Å². The minimum absolute atomic E-state index is 0.00545. The summed E-state index contributed by atoms with van der Waals surface area (Å²) in [7, 11) is 0. The van der Waals surface area contributed by atoms with Gasteiger partial charge in [-0.05, 0) is 19.3 Å². The normalized spacial score (nSPS) is 15.2. The average molecular weight is 272 g/mol. The summed E-state index contributed by atoms with van der Waals surface area (Å²) >= 11 is 6.04. The summed E-state index contributed by atoms with van der Waals surface area (Å²) in [6.45, 7) is 0.445. The second kappa shape index (κ2) is 5.49. The summed E-state index contributed by atoms with van der Waals surface area (Å²) in [5.41, 5.74) is -0.124. The van der Waals surface area contributed by atoms with Crippen molar-refractivity contribution in [3.63, 3.8) is 0 Å². The minimum atomic E-state index is -0.525. The number of hydrogen-bond acceptors (Lipinski definition) is 5. The van der Waals surface area contributed by atoms with E-state index in [0.717, 1.165) is 19.3 Å². The van der Waals surface area contributed by atoms with Gasteiger partial charge in [-0.15, -0.1) is 0 Å². The molecule has 18 heavy (non-hydrogen) atoms. The van der Waals surface area contributed by atoms with Gasteiger partial charge in [0.15, 0.2) is 0 Å². The molecular weight excluding hydrogens is 258 g/mol. The Morgan fingerprint density at radius 2 is 2.33 bits per heavy atom. The Labute approximate surface area is 109 Å². The van der Waals surface area contributed by atoms with Gasteiger partial charge in [-0.25, -0.2) is 4.98 Å². The van der Waals surface area contributed by atoms with Crippen LogP contribution in [0, 0.1) is 10.1 Å². The van der Waals surface area contributed by atoms with Crippen LogP contribution < -0.4 is 4.90 Å². The SMILES string of the molecule is O=[N+]([O-])c1cnc(N(CCO)C2CCC2)c(Cl)c1. The van der Waals surface area contributed by atoms with Crippen LogP contribution in [-0.2, 0) is 0 Å². The van der Waals surface area contributed by atoms with E-state index in [2.05, 4.69) is 4.98 Å². The van der Waals surface area contributed by atoms with Crippen molar-refractivity contribution in [3.8, 4) is 0 Å². The Kier molecular flexibility index (Phi) is 3.98. The first kappa shape index (κ1) is 13.0. The number of pyridine rings is 1. The molecule has 0 aliphatic heterocycles. The number of hydrogen-bond donors (Lipinski definition) is 1. The number of nitro groups is 1. The fourth-order valence-electron chi connectivity index (χ4n) is 2.00. The number of aliphatic hydroxyl groups excluding tert-OH is 1. The molecule has 1 heterocycles.